The average Bonchev–Trinajstić information content (AvgIpc) is 2.94. The molecule has 3 N–H and O–H groups in total. The van der Waals surface area contributed by atoms with Gasteiger partial charge in [-0.2, -0.15) is 0 Å². The number of amides is 2. The molecule has 0 aliphatic carbocycles. The molecule has 0 atom stereocenters. The average molecular weight is 593 g/mol. The standard InChI is InChI=1S/C30H30ClFN6O4/c1-19(39)35-28-18-22(11-13-33-28)42-26-10-8-21(17-24(26)31)36-29-23(6-4-12-34-29)30(40)37-25-9-7-20(32)16-27(25)41-15-5-14-38(2)3/h4,6-13,16-18H,5,14-15H2,1-3H3,(H,34,36)(H,37,40)(H,33,35,39). The first-order chi connectivity index (χ1) is 20.2. The molecule has 2 aromatic heterocycles. The molecule has 0 aliphatic heterocycles. The molecule has 0 saturated heterocycles. The van der Waals surface area contributed by atoms with E-state index in [2.05, 4.69) is 25.9 Å². The molecule has 0 fully saturated rings. The number of halogens is 2. The van der Waals surface area contributed by atoms with Gasteiger partial charge in [0.15, 0.2) is 0 Å². The predicted octanol–water partition coefficient (Wildman–Crippen LogP) is 6.35. The van der Waals surface area contributed by atoms with Gasteiger partial charge < -0.3 is 30.3 Å². The van der Waals surface area contributed by atoms with Gasteiger partial charge in [-0.25, -0.2) is 14.4 Å². The number of rotatable bonds is 12. The van der Waals surface area contributed by atoms with Crippen LogP contribution in [0.1, 0.15) is 23.7 Å². The maximum absolute atomic E-state index is 13.9. The van der Waals surface area contributed by atoms with Gasteiger partial charge in [0, 0.05) is 43.7 Å². The van der Waals surface area contributed by atoms with Crippen molar-refractivity contribution in [1.29, 1.82) is 0 Å². The molecule has 4 aromatic rings. The molecule has 12 heteroatoms. The monoisotopic (exact) mass is 592 g/mol. The van der Waals surface area contributed by atoms with Crippen LogP contribution < -0.4 is 25.4 Å². The van der Waals surface area contributed by atoms with E-state index in [-0.39, 0.29) is 23.0 Å². The quantitative estimate of drug-likeness (QED) is 0.163. The number of carbonyl (C=O) groups excluding carboxylic acids is 2. The minimum atomic E-state index is -0.472. The predicted molar refractivity (Wildman–Crippen MR) is 161 cm³/mol. The molecule has 2 aromatic carbocycles. The Morgan fingerprint density at radius 2 is 1.81 bits per heavy atom. The normalized spacial score (nSPS) is 10.7. The second kappa shape index (κ2) is 14.2. The first-order valence-corrected chi connectivity index (χ1v) is 13.4. The zero-order valence-corrected chi connectivity index (χ0v) is 24.0. The summed E-state index contributed by atoms with van der Waals surface area (Å²) in [4.78, 5) is 35.0. The SMILES string of the molecule is CC(=O)Nc1cc(Oc2ccc(Nc3ncccc3C(=O)Nc3ccc(F)cc3OCCCN(C)C)cc2Cl)ccn1. The number of hydrogen-bond donors (Lipinski definition) is 3. The van der Waals surface area contributed by atoms with Gasteiger partial charge in [-0.3, -0.25) is 9.59 Å². The molecule has 0 bridgehead atoms. The van der Waals surface area contributed by atoms with Crippen LogP contribution in [-0.4, -0.2) is 53.9 Å². The number of hydrogen-bond acceptors (Lipinski definition) is 8. The maximum atomic E-state index is 13.9. The van der Waals surface area contributed by atoms with Crippen LogP contribution in [0.3, 0.4) is 0 Å². The van der Waals surface area contributed by atoms with E-state index < -0.39 is 11.7 Å². The van der Waals surface area contributed by atoms with E-state index >= 15 is 0 Å². The van der Waals surface area contributed by atoms with Crippen molar-refractivity contribution >= 4 is 46.4 Å². The third-order valence-corrected chi connectivity index (χ3v) is 6.00. The Morgan fingerprint density at radius 1 is 0.976 bits per heavy atom. The molecule has 0 aliphatic rings. The number of carbonyl (C=O) groups is 2. The third-order valence-electron chi connectivity index (χ3n) is 5.71. The number of benzene rings is 2. The van der Waals surface area contributed by atoms with Crippen molar-refractivity contribution in [2.24, 2.45) is 0 Å². The minimum Gasteiger partial charge on any atom is -0.491 e. The van der Waals surface area contributed by atoms with E-state index in [0.29, 0.717) is 40.3 Å². The van der Waals surface area contributed by atoms with E-state index in [9.17, 15) is 14.0 Å². The fraction of sp³-hybridized carbons (Fsp3) is 0.200. The lowest BCUT2D eigenvalue weighted by molar-refractivity contribution is -0.114. The molecule has 0 unspecified atom stereocenters. The second-order valence-corrected chi connectivity index (χ2v) is 9.84. The number of ether oxygens (including phenoxy) is 2. The van der Waals surface area contributed by atoms with E-state index in [1.54, 1.807) is 48.7 Å². The summed E-state index contributed by atoms with van der Waals surface area (Å²) in [5.74, 6) is 0.481. The smallest absolute Gasteiger partial charge is 0.259 e. The Balaban J connectivity index is 1.46. The molecule has 10 nitrogen and oxygen atoms in total. The van der Waals surface area contributed by atoms with Crippen molar-refractivity contribution in [3.8, 4) is 17.2 Å². The zero-order chi connectivity index (χ0) is 30.1. The van der Waals surface area contributed by atoms with E-state index in [1.165, 1.54) is 31.3 Å². The molecular formula is C30H30ClFN6O4. The van der Waals surface area contributed by atoms with Crippen LogP contribution in [-0.2, 0) is 4.79 Å². The van der Waals surface area contributed by atoms with Crippen LogP contribution in [0, 0.1) is 5.82 Å². The fourth-order valence-corrected chi connectivity index (χ4v) is 4.03. The van der Waals surface area contributed by atoms with Crippen molar-refractivity contribution in [1.82, 2.24) is 14.9 Å². The number of nitrogens with zero attached hydrogens (tertiary/aromatic N) is 3. The number of nitrogens with one attached hydrogen (secondary N) is 3. The first kappa shape index (κ1) is 30.2. The van der Waals surface area contributed by atoms with Gasteiger partial charge in [-0.05, 0) is 69.0 Å². The molecule has 2 heterocycles. The topological polar surface area (TPSA) is 118 Å². The summed E-state index contributed by atoms with van der Waals surface area (Å²) in [6.45, 7) is 2.56. The van der Waals surface area contributed by atoms with Crippen molar-refractivity contribution in [2.75, 3.05) is 43.2 Å². The molecule has 218 valence electrons. The molecular weight excluding hydrogens is 563 g/mol. The van der Waals surface area contributed by atoms with E-state index in [0.717, 1.165) is 13.0 Å². The highest BCUT2D eigenvalue weighted by Gasteiger charge is 2.16. The van der Waals surface area contributed by atoms with Crippen molar-refractivity contribution < 1.29 is 23.5 Å². The number of aromatic nitrogens is 2. The van der Waals surface area contributed by atoms with Crippen molar-refractivity contribution in [3.63, 3.8) is 0 Å². The summed E-state index contributed by atoms with van der Waals surface area (Å²) in [6.07, 6.45) is 3.79. The first-order valence-electron chi connectivity index (χ1n) is 13.0. The second-order valence-electron chi connectivity index (χ2n) is 9.43. The highest BCUT2D eigenvalue weighted by Crippen LogP contribution is 2.33. The Hall–Kier alpha value is -4.74. The Morgan fingerprint density at radius 3 is 2.57 bits per heavy atom. The van der Waals surface area contributed by atoms with Gasteiger partial charge in [0.2, 0.25) is 5.91 Å². The van der Waals surface area contributed by atoms with Gasteiger partial charge >= 0.3 is 0 Å². The summed E-state index contributed by atoms with van der Waals surface area (Å²) in [5.41, 5.74) is 1.14. The lowest BCUT2D eigenvalue weighted by Gasteiger charge is -2.15. The molecule has 2 amide bonds. The van der Waals surface area contributed by atoms with Gasteiger partial charge in [0.1, 0.15) is 34.7 Å². The van der Waals surface area contributed by atoms with Crippen molar-refractivity contribution in [2.45, 2.75) is 13.3 Å². The van der Waals surface area contributed by atoms with Crippen molar-refractivity contribution in [3.05, 3.63) is 89.5 Å². The molecule has 0 saturated carbocycles. The van der Waals surface area contributed by atoms with E-state index in [1.807, 2.05) is 19.0 Å². The molecule has 42 heavy (non-hydrogen) atoms. The minimum absolute atomic E-state index is 0.237. The van der Waals surface area contributed by atoms with Crippen LogP contribution in [0.4, 0.5) is 27.4 Å². The van der Waals surface area contributed by atoms with Gasteiger partial charge in [-0.1, -0.05) is 11.6 Å². The van der Waals surface area contributed by atoms with Crippen LogP contribution >= 0.6 is 11.6 Å². The summed E-state index contributed by atoms with van der Waals surface area (Å²) in [6, 6.07) is 15.4. The van der Waals surface area contributed by atoms with Crippen LogP contribution in [0.2, 0.25) is 5.02 Å². The lowest BCUT2D eigenvalue weighted by Crippen LogP contribution is -2.17. The Bertz CT molecular complexity index is 1570. The van der Waals surface area contributed by atoms with Crippen LogP contribution in [0.15, 0.2) is 73.1 Å². The highest BCUT2D eigenvalue weighted by molar-refractivity contribution is 6.32. The summed E-state index contributed by atoms with van der Waals surface area (Å²) in [7, 11) is 3.91. The summed E-state index contributed by atoms with van der Waals surface area (Å²) >= 11 is 6.48. The number of pyridine rings is 2. The molecule has 0 radical (unpaired) electrons. The van der Waals surface area contributed by atoms with Crippen LogP contribution in [0.5, 0.6) is 17.2 Å². The summed E-state index contributed by atoms with van der Waals surface area (Å²) < 4.78 is 25.6. The largest absolute Gasteiger partial charge is 0.491 e. The highest BCUT2D eigenvalue weighted by atomic mass is 35.5. The van der Waals surface area contributed by atoms with Crippen LogP contribution in [0.25, 0.3) is 0 Å². The van der Waals surface area contributed by atoms with Gasteiger partial charge in [0.05, 0.1) is 22.9 Å². The molecule has 4 rings (SSSR count). The fourth-order valence-electron chi connectivity index (χ4n) is 3.81. The van der Waals surface area contributed by atoms with Gasteiger partial charge in [0.25, 0.3) is 5.91 Å². The number of anilines is 4. The Labute approximate surface area is 247 Å². The lowest BCUT2D eigenvalue weighted by atomic mass is 10.2. The molecule has 0 spiro atoms. The van der Waals surface area contributed by atoms with Gasteiger partial charge in [-0.15, -0.1) is 0 Å². The zero-order valence-electron chi connectivity index (χ0n) is 23.3. The third kappa shape index (κ3) is 8.63. The van der Waals surface area contributed by atoms with E-state index in [4.69, 9.17) is 21.1 Å². The maximum Gasteiger partial charge on any atom is 0.259 e. The summed E-state index contributed by atoms with van der Waals surface area (Å²) in [5, 5.41) is 8.80. The Kier molecular flexibility index (Phi) is 10.2.